The molecule has 0 aromatic rings. The van der Waals surface area contributed by atoms with E-state index in [9.17, 15) is 4.79 Å². The number of nitrogens with one attached hydrogen (secondary N) is 2. The molecule has 2 N–H and O–H groups in total. The molecule has 2 heterocycles. The highest BCUT2D eigenvalue weighted by atomic mass is 16.6. The Labute approximate surface area is 65.3 Å². The number of amides is 1. The fourth-order valence-electron chi connectivity index (χ4n) is 1.65. The van der Waals surface area contributed by atoms with Crippen molar-refractivity contribution in [3.63, 3.8) is 0 Å². The topological polar surface area (TPSA) is 50.4 Å². The van der Waals surface area contributed by atoms with E-state index in [1.807, 2.05) is 0 Å². The second kappa shape index (κ2) is 2.70. The number of hydrogen-bond acceptors (Lipinski definition) is 3. The lowest BCUT2D eigenvalue weighted by molar-refractivity contribution is 0.0227. The molecule has 4 nitrogen and oxygen atoms in total. The Bertz CT molecular complexity index is 172. The quantitative estimate of drug-likeness (QED) is 0.506. The summed E-state index contributed by atoms with van der Waals surface area (Å²) in [6, 6.07) is 0. The number of carbonyl (C=O) groups is 1. The fourth-order valence-corrected chi connectivity index (χ4v) is 1.65. The van der Waals surface area contributed by atoms with Crippen LogP contribution >= 0.6 is 0 Å². The van der Waals surface area contributed by atoms with Gasteiger partial charge >= 0.3 is 6.09 Å². The van der Waals surface area contributed by atoms with Gasteiger partial charge in [0.1, 0.15) is 6.10 Å². The van der Waals surface area contributed by atoms with E-state index >= 15 is 0 Å². The monoisotopic (exact) mass is 156 g/mol. The normalized spacial score (nSPS) is 36.9. The Hall–Kier alpha value is -0.770. The summed E-state index contributed by atoms with van der Waals surface area (Å²) in [5, 5.41) is 5.89. The highest BCUT2D eigenvalue weighted by Crippen LogP contribution is 2.17. The predicted molar refractivity (Wildman–Crippen MR) is 39.2 cm³/mol. The molecule has 0 aromatic carbocycles. The summed E-state index contributed by atoms with van der Waals surface area (Å²) < 4.78 is 5.08. The van der Waals surface area contributed by atoms with Crippen molar-refractivity contribution in [1.29, 1.82) is 0 Å². The summed E-state index contributed by atoms with van der Waals surface area (Å²) in [5.74, 6) is 0.522. The first kappa shape index (κ1) is 6.91. The number of alkyl carbamates (subject to hydrolysis) is 1. The largest absolute Gasteiger partial charge is 0.445 e. The molecule has 2 aliphatic heterocycles. The van der Waals surface area contributed by atoms with Crippen LogP contribution < -0.4 is 10.6 Å². The SMILES string of the molecule is O=C1NCC2CCNCC2O1. The van der Waals surface area contributed by atoms with Crippen molar-refractivity contribution < 1.29 is 9.53 Å². The van der Waals surface area contributed by atoms with E-state index in [2.05, 4.69) is 10.6 Å². The Morgan fingerprint density at radius 2 is 2.36 bits per heavy atom. The van der Waals surface area contributed by atoms with Crippen LogP contribution in [0.2, 0.25) is 0 Å². The van der Waals surface area contributed by atoms with Crippen molar-refractivity contribution in [2.75, 3.05) is 19.6 Å². The lowest BCUT2D eigenvalue weighted by Crippen LogP contribution is -2.52. The third kappa shape index (κ3) is 1.30. The van der Waals surface area contributed by atoms with Gasteiger partial charge in [-0.15, -0.1) is 0 Å². The Kier molecular flexibility index (Phi) is 1.69. The zero-order valence-electron chi connectivity index (χ0n) is 6.30. The summed E-state index contributed by atoms with van der Waals surface area (Å²) >= 11 is 0. The van der Waals surface area contributed by atoms with E-state index < -0.39 is 0 Å². The summed E-state index contributed by atoms with van der Waals surface area (Å²) in [6.07, 6.45) is 0.942. The van der Waals surface area contributed by atoms with Crippen LogP contribution in [0, 0.1) is 5.92 Å². The van der Waals surface area contributed by atoms with E-state index in [-0.39, 0.29) is 12.2 Å². The van der Waals surface area contributed by atoms with Gasteiger partial charge in [0.25, 0.3) is 0 Å². The minimum atomic E-state index is -0.269. The van der Waals surface area contributed by atoms with Crippen LogP contribution in [0.5, 0.6) is 0 Å². The molecule has 4 heteroatoms. The third-order valence-corrected chi connectivity index (χ3v) is 2.33. The molecular formula is C7H12N2O2. The highest BCUT2D eigenvalue weighted by molar-refractivity contribution is 5.68. The van der Waals surface area contributed by atoms with Crippen LogP contribution in [-0.4, -0.2) is 31.8 Å². The molecule has 0 saturated carbocycles. The highest BCUT2D eigenvalue weighted by Gasteiger charge is 2.31. The molecule has 0 spiro atoms. The van der Waals surface area contributed by atoms with Gasteiger partial charge in [-0.2, -0.15) is 0 Å². The average molecular weight is 156 g/mol. The van der Waals surface area contributed by atoms with E-state index in [1.54, 1.807) is 0 Å². The Morgan fingerprint density at radius 3 is 3.27 bits per heavy atom. The van der Waals surface area contributed by atoms with E-state index in [0.29, 0.717) is 5.92 Å². The molecule has 2 aliphatic rings. The first-order valence-electron chi connectivity index (χ1n) is 4.01. The molecule has 62 valence electrons. The third-order valence-electron chi connectivity index (χ3n) is 2.33. The minimum Gasteiger partial charge on any atom is -0.445 e. The minimum absolute atomic E-state index is 0.109. The first-order valence-corrected chi connectivity index (χ1v) is 4.01. The zero-order valence-corrected chi connectivity index (χ0v) is 6.30. The van der Waals surface area contributed by atoms with E-state index in [4.69, 9.17) is 4.74 Å². The van der Waals surface area contributed by atoms with Gasteiger partial charge in [0.2, 0.25) is 0 Å². The smallest absolute Gasteiger partial charge is 0.407 e. The maximum absolute atomic E-state index is 10.8. The van der Waals surface area contributed by atoms with Crippen molar-refractivity contribution >= 4 is 6.09 Å². The van der Waals surface area contributed by atoms with Gasteiger partial charge in [0.05, 0.1) is 0 Å². The number of carbonyl (C=O) groups excluding carboxylic acids is 1. The fraction of sp³-hybridized carbons (Fsp3) is 0.857. The number of hydrogen-bond donors (Lipinski definition) is 2. The van der Waals surface area contributed by atoms with E-state index in [1.165, 1.54) is 0 Å². The summed E-state index contributed by atoms with van der Waals surface area (Å²) in [5.41, 5.74) is 0. The lowest BCUT2D eigenvalue weighted by atomic mass is 9.94. The maximum atomic E-state index is 10.8. The van der Waals surface area contributed by atoms with Crippen LogP contribution in [0.4, 0.5) is 4.79 Å². The second-order valence-electron chi connectivity index (χ2n) is 3.08. The Balaban J connectivity index is 1.98. The van der Waals surface area contributed by atoms with Crippen molar-refractivity contribution in [2.45, 2.75) is 12.5 Å². The summed E-state index contributed by atoms with van der Waals surface area (Å²) in [7, 11) is 0. The number of rotatable bonds is 0. The summed E-state index contributed by atoms with van der Waals surface area (Å²) in [4.78, 5) is 10.8. The van der Waals surface area contributed by atoms with Crippen molar-refractivity contribution in [2.24, 2.45) is 5.92 Å². The average Bonchev–Trinajstić information content (AvgIpc) is 2.04. The molecule has 0 radical (unpaired) electrons. The van der Waals surface area contributed by atoms with Crippen LogP contribution in [0.1, 0.15) is 6.42 Å². The van der Waals surface area contributed by atoms with E-state index in [0.717, 1.165) is 26.1 Å². The molecule has 2 saturated heterocycles. The van der Waals surface area contributed by atoms with Gasteiger partial charge in [-0.25, -0.2) is 4.79 Å². The van der Waals surface area contributed by atoms with Gasteiger partial charge in [0, 0.05) is 19.0 Å². The molecule has 0 bridgehead atoms. The molecule has 2 fully saturated rings. The molecule has 2 unspecified atom stereocenters. The van der Waals surface area contributed by atoms with Crippen LogP contribution in [-0.2, 0) is 4.74 Å². The van der Waals surface area contributed by atoms with Gasteiger partial charge in [-0.05, 0) is 13.0 Å². The molecule has 11 heavy (non-hydrogen) atoms. The van der Waals surface area contributed by atoms with Crippen LogP contribution in [0.3, 0.4) is 0 Å². The molecule has 0 aliphatic carbocycles. The molecule has 0 aromatic heterocycles. The first-order chi connectivity index (χ1) is 5.36. The van der Waals surface area contributed by atoms with Crippen molar-refractivity contribution in [3.05, 3.63) is 0 Å². The Morgan fingerprint density at radius 1 is 1.45 bits per heavy atom. The van der Waals surface area contributed by atoms with Gasteiger partial charge in [0.15, 0.2) is 0 Å². The number of fused-ring (bicyclic) bond motifs is 1. The molecule has 2 rings (SSSR count). The summed E-state index contributed by atoms with van der Waals surface area (Å²) in [6.45, 7) is 2.64. The van der Waals surface area contributed by atoms with Crippen LogP contribution in [0.25, 0.3) is 0 Å². The standard InChI is InChI=1S/C7H12N2O2/c10-7-9-3-5-1-2-8-4-6(5)11-7/h5-6,8H,1-4H2,(H,9,10). The molecule has 1 amide bonds. The predicted octanol–water partition coefficient (Wildman–Crippen LogP) is -0.296. The number of ether oxygens (including phenoxy) is 1. The van der Waals surface area contributed by atoms with Gasteiger partial charge in [-0.1, -0.05) is 0 Å². The van der Waals surface area contributed by atoms with Crippen molar-refractivity contribution in [1.82, 2.24) is 10.6 Å². The van der Waals surface area contributed by atoms with Crippen molar-refractivity contribution in [3.8, 4) is 0 Å². The molecular weight excluding hydrogens is 144 g/mol. The van der Waals surface area contributed by atoms with Crippen LogP contribution in [0.15, 0.2) is 0 Å². The van der Waals surface area contributed by atoms with Gasteiger partial charge < -0.3 is 15.4 Å². The molecule has 2 atom stereocenters. The zero-order chi connectivity index (χ0) is 7.68. The lowest BCUT2D eigenvalue weighted by Gasteiger charge is -2.35. The maximum Gasteiger partial charge on any atom is 0.407 e. The number of piperidine rings is 1. The van der Waals surface area contributed by atoms with Gasteiger partial charge in [-0.3, -0.25) is 0 Å². The second-order valence-corrected chi connectivity index (χ2v) is 3.08.